The van der Waals surface area contributed by atoms with Crippen molar-refractivity contribution in [2.75, 3.05) is 6.54 Å². The topological polar surface area (TPSA) is 12.0 Å². The first-order valence-electron chi connectivity index (χ1n) is 5.99. The molecule has 1 heterocycles. The van der Waals surface area contributed by atoms with E-state index in [9.17, 15) is 4.39 Å². The van der Waals surface area contributed by atoms with Crippen molar-refractivity contribution >= 4 is 38.9 Å². The Morgan fingerprint density at radius 1 is 1.37 bits per heavy atom. The molecule has 0 aliphatic rings. The summed E-state index contributed by atoms with van der Waals surface area (Å²) < 4.78 is 15.4. The van der Waals surface area contributed by atoms with Gasteiger partial charge >= 0.3 is 0 Å². The minimum atomic E-state index is -0.178. The molecule has 102 valence electrons. The molecule has 1 unspecified atom stereocenters. The van der Waals surface area contributed by atoms with Crippen molar-refractivity contribution in [1.29, 1.82) is 0 Å². The average molecular weight is 363 g/mol. The van der Waals surface area contributed by atoms with Gasteiger partial charge in [0.15, 0.2) is 0 Å². The normalized spacial score (nSPS) is 12.6. The van der Waals surface area contributed by atoms with Crippen molar-refractivity contribution in [2.24, 2.45) is 0 Å². The molecule has 1 atom stereocenters. The SMILES string of the molecule is CC(NCCc1ccc(Cl)s1)c1cc(Br)ccc1F. The predicted molar refractivity (Wildman–Crippen MR) is 83.6 cm³/mol. The van der Waals surface area contributed by atoms with Gasteiger partial charge in [0.05, 0.1) is 4.34 Å². The van der Waals surface area contributed by atoms with Crippen LogP contribution in [0.25, 0.3) is 0 Å². The second-order valence-electron chi connectivity index (χ2n) is 4.30. The molecule has 0 spiro atoms. The van der Waals surface area contributed by atoms with E-state index >= 15 is 0 Å². The van der Waals surface area contributed by atoms with Crippen LogP contribution < -0.4 is 5.32 Å². The first-order chi connectivity index (χ1) is 9.06. The number of halogens is 3. The molecule has 0 aliphatic carbocycles. The molecule has 1 aromatic carbocycles. The Morgan fingerprint density at radius 3 is 2.84 bits per heavy atom. The Morgan fingerprint density at radius 2 is 2.16 bits per heavy atom. The lowest BCUT2D eigenvalue weighted by molar-refractivity contribution is 0.531. The Hall–Kier alpha value is -0.420. The molecule has 0 radical (unpaired) electrons. The van der Waals surface area contributed by atoms with Gasteiger partial charge in [0, 0.05) is 27.5 Å². The van der Waals surface area contributed by atoms with Crippen molar-refractivity contribution in [1.82, 2.24) is 5.32 Å². The molecule has 19 heavy (non-hydrogen) atoms. The summed E-state index contributed by atoms with van der Waals surface area (Å²) in [4.78, 5) is 1.24. The van der Waals surface area contributed by atoms with Crippen LogP contribution in [0.2, 0.25) is 4.34 Å². The number of hydrogen-bond donors (Lipinski definition) is 1. The van der Waals surface area contributed by atoms with E-state index in [4.69, 9.17) is 11.6 Å². The highest BCUT2D eigenvalue weighted by molar-refractivity contribution is 9.10. The summed E-state index contributed by atoms with van der Waals surface area (Å²) >= 11 is 10.8. The molecular formula is C14H14BrClFNS. The molecule has 0 saturated heterocycles. The van der Waals surface area contributed by atoms with Crippen molar-refractivity contribution < 1.29 is 4.39 Å². The summed E-state index contributed by atoms with van der Waals surface area (Å²) in [7, 11) is 0. The molecule has 2 aromatic rings. The van der Waals surface area contributed by atoms with E-state index in [1.54, 1.807) is 17.4 Å². The Bertz CT molecular complexity index is 558. The summed E-state index contributed by atoms with van der Waals surface area (Å²) in [5.74, 6) is -0.178. The summed E-state index contributed by atoms with van der Waals surface area (Å²) in [5, 5.41) is 3.33. The van der Waals surface area contributed by atoms with Gasteiger partial charge in [-0.1, -0.05) is 27.5 Å². The van der Waals surface area contributed by atoms with Crippen LogP contribution in [0, 0.1) is 5.82 Å². The molecule has 1 nitrogen and oxygen atoms in total. The van der Waals surface area contributed by atoms with Crippen LogP contribution in [-0.4, -0.2) is 6.54 Å². The summed E-state index contributed by atoms with van der Waals surface area (Å²) in [6, 6.07) is 8.91. The zero-order valence-electron chi connectivity index (χ0n) is 10.4. The van der Waals surface area contributed by atoms with E-state index in [-0.39, 0.29) is 11.9 Å². The lowest BCUT2D eigenvalue weighted by atomic mass is 10.1. The minimum Gasteiger partial charge on any atom is -0.310 e. The number of hydrogen-bond acceptors (Lipinski definition) is 2. The largest absolute Gasteiger partial charge is 0.310 e. The van der Waals surface area contributed by atoms with E-state index in [0.29, 0.717) is 5.56 Å². The summed E-state index contributed by atoms with van der Waals surface area (Å²) in [5.41, 5.74) is 0.679. The van der Waals surface area contributed by atoms with E-state index in [2.05, 4.69) is 21.2 Å². The van der Waals surface area contributed by atoms with Crippen molar-refractivity contribution in [3.8, 4) is 0 Å². The first kappa shape index (κ1) is 15.0. The van der Waals surface area contributed by atoms with Gasteiger partial charge < -0.3 is 5.32 Å². The number of rotatable bonds is 5. The van der Waals surface area contributed by atoms with Crippen molar-refractivity contribution in [2.45, 2.75) is 19.4 Å². The van der Waals surface area contributed by atoms with Crippen LogP contribution in [0.5, 0.6) is 0 Å². The van der Waals surface area contributed by atoms with E-state index in [1.165, 1.54) is 10.9 Å². The minimum absolute atomic E-state index is 0.0204. The van der Waals surface area contributed by atoms with E-state index in [1.807, 2.05) is 25.1 Å². The predicted octanol–water partition coefficient (Wildman–Crippen LogP) is 5.20. The molecule has 1 aromatic heterocycles. The molecule has 5 heteroatoms. The molecule has 0 amide bonds. The number of nitrogens with one attached hydrogen (secondary N) is 1. The van der Waals surface area contributed by atoms with Gasteiger partial charge in [0.1, 0.15) is 5.82 Å². The zero-order chi connectivity index (χ0) is 13.8. The maximum absolute atomic E-state index is 13.7. The van der Waals surface area contributed by atoms with Gasteiger partial charge in [-0.05, 0) is 43.7 Å². The van der Waals surface area contributed by atoms with Crippen LogP contribution in [-0.2, 0) is 6.42 Å². The Kier molecular flexibility index (Phi) is 5.39. The molecule has 0 bridgehead atoms. The molecular weight excluding hydrogens is 349 g/mol. The maximum atomic E-state index is 13.7. The average Bonchev–Trinajstić information content (AvgIpc) is 2.78. The van der Waals surface area contributed by atoms with Crippen LogP contribution >= 0.6 is 38.9 Å². The van der Waals surface area contributed by atoms with Gasteiger partial charge in [-0.15, -0.1) is 11.3 Å². The third-order valence-electron chi connectivity index (χ3n) is 2.88. The fourth-order valence-electron chi connectivity index (χ4n) is 1.85. The summed E-state index contributed by atoms with van der Waals surface area (Å²) in [6.45, 7) is 2.76. The van der Waals surface area contributed by atoms with Crippen LogP contribution in [0.1, 0.15) is 23.4 Å². The highest BCUT2D eigenvalue weighted by Gasteiger charge is 2.10. The summed E-state index contributed by atoms with van der Waals surface area (Å²) in [6.07, 6.45) is 0.900. The number of benzene rings is 1. The van der Waals surface area contributed by atoms with E-state index < -0.39 is 0 Å². The van der Waals surface area contributed by atoms with Crippen LogP contribution in [0.3, 0.4) is 0 Å². The molecule has 0 fully saturated rings. The van der Waals surface area contributed by atoms with Gasteiger partial charge in [0.2, 0.25) is 0 Å². The van der Waals surface area contributed by atoms with Gasteiger partial charge in [-0.2, -0.15) is 0 Å². The van der Waals surface area contributed by atoms with E-state index in [0.717, 1.165) is 21.8 Å². The molecule has 0 saturated carbocycles. The standard InChI is InChI=1S/C14H14BrClFNS/c1-9(12-8-10(15)2-4-13(12)17)18-7-6-11-3-5-14(16)19-11/h2-5,8-9,18H,6-7H2,1H3. The quantitative estimate of drug-likeness (QED) is 0.771. The lowest BCUT2D eigenvalue weighted by Crippen LogP contribution is -2.22. The highest BCUT2D eigenvalue weighted by atomic mass is 79.9. The van der Waals surface area contributed by atoms with Crippen LogP contribution in [0.15, 0.2) is 34.8 Å². The molecule has 0 aliphatic heterocycles. The molecule has 1 N–H and O–H groups in total. The molecule has 2 rings (SSSR count). The van der Waals surface area contributed by atoms with Gasteiger partial charge in [0.25, 0.3) is 0 Å². The van der Waals surface area contributed by atoms with Gasteiger partial charge in [-0.3, -0.25) is 0 Å². The fraction of sp³-hybridized carbons (Fsp3) is 0.286. The lowest BCUT2D eigenvalue weighted by Gasteiger charge is -2.15. The van der Waals surface area contributed by atoms with Crippen molar-refractivity contribution in [3.05, 3.63) is 55.4 Å². The van der Waals surface area contributed by atoms with Crippen LogP contribution in [0.4, 0.5) is 4.39 Å². The highest BCUT2D eigenvalue weighted by Crippen LogP contribution is 2.23. The third kappa shape index (κ3) is 4.28. The fourth-order valence-corrected chi connectivity index (χ4v) is 3.32. The number of thiophene rings is 1. The maximum Gasteiger partial charge on any atom is 0.128 e. The zero-order valence-corrected chi connectivity index (χ0v) is 13.6. The van der Waals surface area contributed by atoms with Gasteiger partial charge in [-0.25, -0.2) is 4.39 Å². The van der Waals surface area contributed by atoms with Crippen molar-refractivity contribution in [3.63, 3.8) is 0 Å². The smallest absolute Gasteiger partial charge is 0.128 e. The Labute approximate surface area is 129 Å². The second-order valence-corrected chi connectivity index (χ2v) is 7.01. The third-order valence-corrected chi connectivity index (χ3v) is 4.66. The Balaban J connectivity index is 1.90. The monoisotopic (exact) mass is 361 g/mol. The second kappa shape index (κ2) is 6.84. The first-order valence-corrected chi connectivity index (χ1v) is 7.97.